The zero-order valence-corrected chi connectivity index (χ0v) is 14.3. The van der Waals surface area contributed by atoms with Crippen LogP contribution >= 0.6 is 15.9 Å². The van der Waals surface area contributed by atoms with Crippen molar-refractivity contribution in [3.05, 3.63) is 28.7 Å². The van der Waals surface area contributed by atoms with E-state index in [1.54, 1.807) is 0 Å². The molecule has 0 bridgehead atoms. The van der Waals surface area contributed by atoms with Gasteiger partial charge in [0.1, 0.15) is 0 Å². The molecule has 1 saturated carbocycles. The summed E-state index contributed by atoms with van der Waals surface area (Å²) in [5.74, 6) is 0.376. The Morgan fingerprint density at radius 1 is 1.23 bits per heavy atom. The number of amides is 2. The summed E-state index contributed by atoms with van der Waals surface area (Å²) in [6, 6.07) is 7.55. The molecule has 0 radical (unpaired) electrons. The summed E-state index contributed by atoms with van der Waals surface area (Å²) < 4.78 is 0.980. The summed E-state index contributed by atoms with van der Waals surface area (Å²) in [4.78, 5) is 23.4. The lowest BCUT2D eigenvalue weighted by Crippen LogP contribution is -2.37. The minimum atomic E-state index is -0.0238. The number of hydrogen-bond acceptors (Lipinski definition) is 3. The van der Waals surface area contributed by atoms with Crippen LogP contribution in [0.4, 0.5) is 5.69 Å². The van der Waals surface area contributed by atoms with Gasteiger partial charge in [-0.25, -0.2) is 0 Å². The Hall–Kier alpha value is -1.40. The first-order valence-electron chi connectivity index (χ1n) is 7.61. The molecule has 120 valence electrons. The van der Waals surface area contributed by atoms with Crippen LogP contribution < -0.4 is 16.0 Å². The predicted octanol–water partition coefficient (Wildman–Crippen LogP) is 2.28. The van der Waals surface area contributed by atoms with Crippen LogP contribution in [0.2, 0.25) is 0 Å². The van der Waals surface area contributed by atoms with Crippen molar-refractivity contribution in [3.63, 3.8) is 0 Å². The largest absolute Gasteiger partial charge is 0.355 e. The maximum atomic E-state index is 11.9. The molecule has 1 unspecified atom stereocenters. The molecular formula is C16H22BrN3O2. The predicted molar refractivity (Wildman–Crippen MR) is 90.6 cm³/mol. The number of nitrogens with one attached hydrogen (secondary N) is 3. The fraction of sp³-hybridized carbons (Fsp3) is 0.500. The van der Waals surface area contributed by atoms with Crippen molar-refractivity contribution in [2.75, 3.05) is 18.4 Å². The molecule has 5 nitrogen and oxygen atoms in total. The summed E-state index contributed by atoms with van der Waals surface area (Å²) in [6.07, 6.45) is 2.43. The van der Waals surface area contributed by atoms with Crippen molar-refractivity contribution in [1.29, 1.82) is 0 Å². The van der Waals surface area contributed by atoms with Gasteiger partial charge in [0.2, 0.25) is 11.8 Å². The van der Waals surface area contributed by atoms with Crippen LogP contribution in [0.15, 0.2) is 28.7 Å². The zero-order chi connectivity index (χ0) is 15.9. The molecule has 1 aromatic carbocycles. The minimum absolute atomic E-state index is 0.0238. The van der Waals surface area contributed by atoms with E-state index in [9.17, 15) is 9.59 Å². The highest BCUT2D eigenvalue weighted by Crippen LogP contribution is 2.28. The highest BCUT2D eigenvalue weighted by Gasteiger charge is 2.28. The lowest BCUT2D eigenvalue weighted by atomic mass is 10.2. The van der Waals surface area contributed by atoms with E-state index in [2.05, 4.69) is 31.9 Å². The molecule has 0 spiro atoms. The molecular weight excluding hydrogens is 346 g/mol. The van der Waals surface area contributed by atoms with Crippen molar-refractivity contribution >= 4 is 33.4 Å². The third-order valence-electron chi connectivity index (χ3n) is 3.48. The van der Waals surface area contributed by atoms with Crippen molar-refractivity contribution in [3.8, 4) is 0 Å². The summed E-state index contributed by atoms with van der Waals surface area (Å²) >= 11 is 3.36. The molecule has 1 atom stereocenters. The van der Waals surface area contributed by atoms with Crippen LogP contribution in [0.1, 0.15) is 26.2 Å². The summed E-state index contributed by atoms with van der Waals surface area (Å²) in [5, 5.41) is 8.99. The van der Waals surface area contributed by atoms with Crippen molar-refractivity contribution in [2.45, 2.75) is 32.2 Å². The van der Waals surface area contributed by atoms with E-state index in [1.807, 2.05) is 31.2 Å². The summed E-state index contributed by atoms with van der Waals surface area (Å²) in [5.41, 5.74) is 0.789. The number of anilines is 1. The highest BCUT2D eigenvalue weighted by molar-refractivity contribution is 9.10. The third-order valence-corrected chi connectivity index (χ3v) is 4.01. The second kappa shape index (κ2) is 8.29. The molecule has 1 aliphatic rings. The second-order valence-electron chi connectivity index (χ2n) is 5.68. The molecule has 0 aliphatic heterocycles. The Morgan fingerprint density at radius 3 is 2.55 bits per heavy atom. The molecule has 0 saturated heterocycles. The average molecular weight is 368 g/mol. The van der Waals surface area contributed by atoms with E-state index in [-0.39, 0.29) is 23.8 Å². The normalized spacial score (nSPS) is 15.2. The molecule has 2 rings (SSSR count). The maximum Gasteiger partial charge on any atom is 0.225 e. The van der Waals surface area contributed by atoms with Crippen LogP contribution in [0.25, 0.3) is 0 Å². The highest BCUT2D eigenvalue weighted by atomic mass is 79.9. The van der Waals surface area contributed by atoms with Crippen molar-refractivity contribution in [2.24, 2.45) is 5.92 Å². The molecule has 6 heteroatoms. The Balaban J connectivity index is 1.59. The van der Waals surface area contributed by atoms with Crippen LogP contribution in [-0.4, -0.2) is 30.9 Å². The first kappa shape index (κ1) is 17.0. The maximum absolute atomic E-state index is 11.9. The average Bonchev–Trinajstić information content (AvgIpc) is 3.30. The van der Waals surface area contributed by atoms with Crippen LogP contribution in [0.3, 0.4) is 0 Å². The fourth-order valence-corrected chi connectivity index (χ4v) is 2.35. The van der Waals surface area contributed by atoms with Crippen LogP contribution in [0.5, 0.6) is 0 Å². The van der Waals surface area contributed by atoms with Crippen LogP contribution in [-0.2, 0) is 9.59 Å². The van der Waals surface area contributed by atoms with Gasteiger partial charge in [0, 0.05) is 41.6 Å². The number of carbonyl (C=O) groups is 2. The topological polar surface area (TPSA) is 70.2 Å². The van der Waals surface area contributed by atoms with Gasteiger partial charge in [-0.1, -0.05) is 15.9 Å². The molecule has 0 aromatic heterocycles. The molecule has 1 fully saturated rings. The van der Waals surface area contributed by atoms with E-state index >= 15 is 0 Å². The van der Waals surface area contributed by atoms with Gasteiger partial charge in [0.05, 0.1) is 0 Å². The number of rotatable bonds is 8. The summed E-state index contributed by atoms with van der Waals surface area (Å²) in [6.45, 7) is 3.24. The SMILES string of the molecule is CC(CC(=O)Nc1ccc(Br)cc1)NCCNC(=O)C1CC1. The van der Waals surface area contributed by atoms with Crippen molar-refractivity contribution in [1.82, 2.24) is 10.6 Å². The van der Waals surface area contributed by atoms with Gasteiger partial charge in [-0.3, -0.25) is 9.59 Å². The minimum Gasteiger partial charge on any atom is -0.355 e. The van der Waals surface area contributed by atoms with E-state index < -0.39 is 0 Å². The first-order valence-corrected chi connectivity index (χ1v) is 8.40. The quantitative estimate of drug-likeness (QED) is 0.617. The fourth-order valence-electron chi connectivity index (χ4n) is 2.09. The van der Waals surface area contributed by atoms with Gasteiger partial charge in [-0.2, -0.15) is 0 Å². The zero-order valence-electron chi connectivity index (χ0n) is 12.7. The smallest absolute Gasteiger partial charge is 0.225 e. The van der Waals surface area contributed by atoms with E-state index in [0.717, 1.165) is 23.0 Å². The Bertz CT molecular complexity index is 515. The second-order valence-corrected chi connectivity index (χ2v) is 6.60. The number of benzene rings is 1. The first-order chi connectivity index (χ1) is 10.5. The molecule has 0 heterocycles. The Morgan fingerprint density at radius 2 is 1.91 bits per heavy atom. The van der Waals surface area contributed by atoms with Crippen LogP contribution in [0, 0.1) is 5.92 Å². The lowest BCUT2D eigenvalue weighted by molar-refractivity contribution is -0.122. The van der Waals surface area contributed by atoms with Crippen molar-refractivity contribution < 1.29 is 9.59 Å². The van der Waals surface area contributed by atoms with E-state index in [4.69, 9.17) is 0 Å². The molecule has 22 heavy (non-hydrogen) atoms. The van der Waals surface area contributed by atoms with Gasteiger partial charge in [-0.05, 0) is 44.0 Å². The third kappa shape index (κ3) is 6.15. The molecule has 3 N–H and O–H groups in total. The standard InChI is InChI=1S/C16H22BrN3O2/c1-11(18-8-9-19-16(22)12-2-3-12)10-15(21)20-14-6-4-13(17)5-7-14/h4-7,11-12,18H,2-3,8-10H2,1H3,(H,19,22)(H,20,21). The van der Waals surface area contributed by atoms with Gasteiger partial charge in [-0.15, -0.1) is 0 Å². The molecule has 2 amide bonds. The number of hydrogen-bond donors (Lipinski definition) is 3. The Labute approximate surface area is 139 Å². The Kier molecular flexibility index (Phi) is 6.39. The van der Waals surface area contributed by atoms with Gasteiger partial charge in [0.25, 0.3) is 0 Å². The summed E-state index contributed by atoms with van der Waals surface area (Å²) in [7, 11) is 0. The molecule has 1 aliphatic carbocycles. The monoisotopic (exact) mass is 367 g/mol. The number of halogens is 1. The number of carbonyl (C=O) groups excluding carboxylic acids is 2. The van der Waals surface area contributed by atoms with E-state index in [0.29, 0.717) is 19.5 Å². The lowest BCUT2D eigenvalue weighted by Gasteiger charge is -2.14. The van der Waals surface area contributed by atoms with Gasteiger partial charge in [0.15, 0.2) is 0 Å². The molecule has 1 aromatic rings. The van der Waals surface area contributed by atoms with Gasteiger partial charge < -0.3 is 16.0 Å². The van der Waals surface area contributed by atoms with Gasteiger partial charge >= 0.3 is 0 Å². The van der Waals surface area contributed by atoms with E-state index in [1.165, 1.54) is 0 Å².